The lowest BCUT2D eigenvalue weighted by Crippen LogP contribution is -2.55. The van der Waals surface area contributed by atoms with Crippen LogP contribution in [0.4, 0.5) is 5.69 Å². The van der Waals surface area contributed by atoms with Crippen LogP contribution in [0.3, 0.4) is 0 Å². The average Bonchev–Trinajstić information content (AvgIpc) is 2.69. The highest BCUT2D eigenvalue weighted by atomic mass is 16.2. The summed E-state index contributed by atoms with van der Waals surface area (Å²) < 4.78 is 0. The minimum atomic E-state index is -0.685. The molecular formula is C19H17N5O2. The molecule has 0 aromatic heterocycles. The molecule has 0 unspecified atom stereocenters. The van der Waals surface area contributed by atoms with Crippen LogP contribution in [0.5, 0.6) is 0 Å². The van der Waals surface area contributed by atoms with E-state index >= 15 is 0 Å². The van der Waals surface area contributed by atoms with E-state index in [4.69, 9.17) is 0 Å². The maximum Gasteiger partial charge on any atom is 0.263 e. The normalized spacial score (nSPS) is 17.7. The van der Waals surface area contributed by atoms with Crippen LogP contribution in [0.25, 0.3) is 0 Å². The van der Waals surface area contributed by atoms with E-state index in [1.165, 1.54) is 0 Å². The molecule has 2 aromatic rings. The van der Waals surface area contributed by atoms with Crippen molar-refractivity contribution in [2.45, 2.75) is 19.0 Å². The van der Waals surface area contributed by atoms with Crippen molar-refractivity contribution < 1.29 is 9.59 Å². The summed E-state index contributed by atoms with van der Waals surface area (Å²) >= 11 is 0. The van der Waals surface area contributed by atoms with Gasteiger partial charge in [0, 0.05) is 12.1 Å². The number of nitrogens with zero attached hydrogens (tertiary/aromatic N) is 3. The Labute approximate surface area is 150 Å². The Balaban J connectivity index is 1.48. The summed E-state index contributed by atoms with van der Waals surface area (Å²) in [6, 6.07) is 16.5. The molecule has 2 aromatic carbocycles. The minimum Gasteiger partial charge on any atom is -0.352 e. The zero-order chi connectivity index (χ0) is 17.9. The van der Waals surface area contributed by atoms with E-state index in [0.717, 1.165) is 16.8 Å². The lowest BCUT2D eigenvalue weighted by Gasteiger charge is -2.34. The highest BCUT2D eigenvalue weighted by Gasteiger charge is 2.36. The number of rotatable bonds is 4. The highest BCUT2D eigenvalue weighted by molar-refractivity contribution is 6.14. The van der Waals surface area contributed by atoms with Gasteiger partial charge in [0.1, 0.15) is 6.04 Å². The van der Waals surface area contributed by atoms with Gasteiger partial charge < -0.3 is 10.2 Å². The van der Waals surface area contributed by atoms with E-state index in [1.54, 1.807) is 11.2 Å². The molecule has 4 rings (SSSR count). The zero-order valence-electron chi connectivity index (χ0n) is 13.9. The first-order valence-corrected chi connectivity index (χ1v) is 8.32. The van der Waals surface area contributed by atoms with Crippen LogP contribution >= 0.6 is 0 Å². The molecule has 2 aliphatic heterocycles. The molecule has 2 heterocycles. The largest absolute Gasteiger partial charge is 0.352 e. The van der Waals surface area contributed by atoms with Gasteiger partial charge in [0.05, 0.1) is 18.4 Å². The summed E-state index contributed by atoms with van der Waals surface area (Å²) in [4.78, 5) is 30.6. The van der Waals surface area contributed by atoms with Crippen LogP contribution in [-0.4, -0.2) is 34.9 Å². The van der Waals surface area contributed by atoms with Crippen molar-refractivity contribution in [2.75, 3.05) is 0 Å². The molecule has 0 fully saturated rings. The summed E-state index contributed by atoms with van der Waals surface area (Å²) in [5, 5.41) is 7.00. The summed E-state index contributed by atoms with van der Waals surface area (Å²) in [7, 11) is 0. The van der Waals surface area contributed by atoms with Crippen LogP contribution in [0.15, 0.2) is 64.7 Å². The molecule has 2 amide bonds. The molecule has 0 saturated carbocycles. The third kappa shape index (κ3) is 3.06. The van der Waals surface area contributed by atoms with Crippen molar-refractivity contribution in [3.8, 4) is 0 Å². The van der Waals surface area contributed by atoms with E-state index in [-0.39, 0.29) is 18.2 Å². The predicted molar refractivity (Wildman–Crippen MR) is 97.8 cm³/mol. The quantitative estimate of drug-likeness (QED) is 0.879. The molecule has 26 heavy (non-hydrogen) atoms. The fourth-order valence-electron chi connectivity index (χ4n) is 2.98. The van der Waals surface area contributed by atoms with Gasteiger partial charge in [-0.15, -0.1) is 0 Å². The second-order valence-electron chi connectivity index (χ2n) is 6.06. The second-order valence-corrected chi connectivity index (χ2v) is 6.06. The predicted octanol–water partition coefficient (Wildman–Crippen LogP) is 1.53. The monoisotopic (exact) mass is 347 g/mol. The molecule has 7 nitrogen and oxygen atoms in total. The molecule has 0 saturated heterocycles. The molecule has 130 valence electrons. The number of hydrogen-bond acceptors (Lipinski definition) is 5. The Morgan fingerprint density at radius 3 is 2.73 bits per heavy atom. The lowest BCUT2D eigenvalue weighted by atomic mass is 10.0. The van der Waals surface area contributed by atoms with Crippen molar-refractivity contribution in [2.24, 2.45) is 10.1 Å². The third-order valence-electron chi connectivity index (χ3n) is 4.33. The number of hydrazone groups is 1. The Kier molecular flexibility index (Phi) is 4.18. The van der Waals surface area contributed by atoms with Gasteiger partial charge in [-0.25, -0.2) is 10.4 Å². The van der Waals surface area contributed by atoms with Crippen LogP contribution in [0.1, 0.15) is 17.5 Å². The average molecular weight is 347 g/mol. The highest BCUT2D eigenvalue weighted by Crippen LogP contribution is 2.27. The molecule has 0 aliphatic carbocycles. The van der Waals surface area contributed by atoms with Crippen molar-refractivity contribution in [3.63, 3.8) is 0 Å². The molecular weight excluding hydrogens is 330 g/mol. The smallest absolute Gasteiger partial charge is 0.263 e. The third-order valence-corrected chi connectivity index (χ3v) is 4.33. The standard InChI is InChI=1S/C19H17N5O2/c25-17(20-11-13-6-2-1-3-7-13)10-16-19(26)23-22-18-14-8-4-5-9-15(14)21-12-24(16)18/h1-9,12,16H,10-11H2,(H,20,25)(H,23,26)/t16-/m1/s1. The van der Waals surface area contributed by atoms with Gasteiger partial charge in [0.15, 0.2) is 5.84 Å². The number of fused-ring (bicyclic) bond motifs is 3. The molecule has 0 spiro atoms. The van der Waals surface area contributed by atoms with Gasteiger partial charge >= 0.3 is 0 Å². The van der Waals surface area contributed by atoms with Crippen LogP contribution in [0.2, 0.25) is 0 Å². The number of amidine groups is 1. The Morgan fingerprint density at radius 2 is 1.88 bits per heavy atom. The number of hydrogen-bond donors (Lipinski definition) is 2. The number of para-hydroxylation sites is 1. The SMILES string of the molecule is O=C(C[C@@H]1C(=O)NN=C2c3ccccc3N=CN21)NCc1ccccc1. The Morgan fingerprint density at radius 1 is 1.12 bits per heavy atom. The van der Waals surface area contributed by atoms with E-state index < -0.39 is 6.04 Å². The first-order valence-electron chi connectivity index (χ1n) is 8.32. The van der Waals surface area contributed by atoms with Crippen LogP contribution in [-0.2, 0) is 16.1 Å². The fraction of sp³-hybridized carbons (Fsp3) is 0.158. The van der Waals surface area contributed by atoms with E-state index in [9.17, 15) is 9.59 Å². The first-order chi connectivity index (χ1) is 12.7. The molecule has 2 aliphatic rings. The van der Waals surface area contributed by atoms with Gasteiger partial charge in [-0.2, -0.15) is 5.10 Å². The van der Waals surface area contributed by atoms with Gasteiger partial charge in [-0.05, 0) is 17.7 Å². The van der Waals surface area contributed by atoms with Gasteiger partial charge in [0.2, 0.25) is 5.91 Å². The van der Waals surface area contributed by atoms with Crippen molar-refractivity contribution in [1.29, 1.82) is 0 Å². The molecule has 2 N–H and O–H groups in total. The fourth-order valence-corrected chi connectivity index (χ4v) is 2.98. The van der Waals surface area contributed by atoms with Gasteiger partial charge in [-0.1, -0.05) is 42.5 Å². The summed E-state index contributed by atoms with van der Waals surface area (Å²) in [6.45, 7) is 0.423. The lowest BCUT2D eigenvalue weighted by molar-refractivity contribution is -0.130. The van der Waals surface area contributed by atoms with Crippen molar-refractivity contribution >= 4 is 29.7 Å². The van der Waals surface area contributed by atoms with Gasteiger partial charge in [-0.3, -0.25) is 9.59 Å². The Bertz CT molecular complexity index is 907. The van der Waals surface area contributed by atoms with E-state index in [0.29, 0.717) is 12.4 Å². The number of amides is 2. The van der Waals surface area contributed by atoms with Gasteiger partial charge in [0.25, 0.3) is 5.91 Å². The number of carbonyl (C=O) groups is 2. The van der Waals surface area contributed by atoms with E-state index in [1.807, 2.05) is 54.6 Å². The maximum absolute atomic E-state index is 12.3. The summed E-state index contributed by atoms with van der Waals surface area (Å²) in [5.41, 5.74) is 5.13. The molecule has 0 bridgehead atoms. The summed E-state index contributed by atoms with van der Waals surface area (Å²) in [6.07, 6.45) is 1.58. The number of carbonyl (C=O) groups excluding carboxylic acids is 2. The van der Waals surface area contributed by atoms with Crippen molar-refractivity contribution in [3.05, 3.63) is 65.7 Å². The second kappa shape index (κ2) is 6.79. The topological polar surface area (TPSA) is 86.2 Å². The molecule has 7 heteroatoms. The number of aliphatic imine (C=N–C) groups is 1. The number of benzene rings is 2. The van der Waals surface area contributed by atoms with Crippen LogP contribution < -0.4 is 10.7 Å². The first kappa shape index (κ1) is 16.0. The van der Waals surface area contributed by atoms with Crippen LogP contribution in [0, 0.1) is 0 Å². The summed E-state index contributed by atoms with van der Waals surface area (Å²) in [5.74, 6) is 0.0630. The molecule has 1 atom stereocenters. The molecule has 0 radical (unpaired) electrons. The zero-order valence-corrected chi connectivity index (χ0v) is 13.9. The number of nitrogens with one attached hydrogen (secondary N) is 2. The minimum absolute atomic E-state index is 0.0197. The Hall–Kier alpha value is -3.48. The van der Waals surface area contributed by atoms with Crippen molar-refractivity contribution in [1.82, 2.24) is 15.6 Å². The maximum atomic E-state index is 12.3. The van der Waals surface area contributed by atoms with E-state index in [2.05, 4.69) is 20.8 Å².